The van der Waals surface area contributed by atoms with E-state index in [1.165, 1.54) is 36.4 Å². The normalized spacial score (nSPS) is 10.2. The number of nitrogens with zero attached hydrogens (tertiary/aromatic N) is 3. The van der Waals surface area contributed by atoms with Crippen molar-refractivity contribution in [2.45, 2.75) is 0 Å². The van der Waals surface area contributed by atoms with Gasteiger partial charge in [0.05, 0.1) is 4.92 Å². The molecule has 0 radical (unpaired) electrons. The fourth-order valence-corrected chi connectivity index (χ4v) is 2.41. The highest BCUT2D eigenvalue weighted by atomic mass is 35.5. The second-order valence-corrected chi connectivity index (χ2v) is 5.83. The molecular weight excluding hydrogens is 391 g/mol. The Kier molecular flexibility index (Phi) is 5.61. The van der Waals surface area contributed by atoms with Crippen LogP contribution in [-0.4, -0.2) is 20.8 Å². The number of hydrazine groups is 1. The van der Waals surface area contributed by atoms with Crippen molar-refractivity contribution < 1.29 is 14.1 Å². The summed E-state index contributed by atoms with van der Waals surface area (Å²) < 4.78 is 13.0. The molecule has 0 saturated carbocycles. The minimum Gasteiger partial charge on any atom is -0.334 e. The van der Waals surface area contributed by atoms with E-state index in [9.17, 15) is 19.3 Å². The van der Waals surface area contributed by atoms with Crippen LogP contribution >= 0.6 is 11.6 Å². The van der Waals surface area contributed by atoms with Crippen molar-refractivity contribution in [2.75, 3.05) is 10.7 Å². The minimum atomic E-state index is -0.709. The third-order valence-corrected chi connectivity index (χ3v) is 3.73. The third-order valence-electron chi connectivity index (χ3n) is 3.49. The minimum absolute atomic E-state index is 0.133. The molecule has 9 nitrogen and oxygen atoms in total. The van der Waals surface area contributed by atoms with Gasteiger partial charge in [0.1, 0.15) is 12.1 Å². The van der Waals surface area contributed by atoms with E-state index in [4.69, 9.17) is 11.6 Å². The third kappa shape index (κ3) is 4.48. The van der Waals surface area contributed by atoms with Crippen molar-refractivity contribution in [2.24, 2.45) is 0 Å². The van der Waals surface area contributed by atoms with Gasteiger partial charge in [0, 0.05) is 16.3 Å². The molecule has 0 aliphatic heterocycles. The number of hydrogen-bond acceptors (Lipinski definition) is 7. The van der Waals surface area contributed by atoms with Crippen LogP contribution in [0, 0.1) is 15.9 Å². The average molecular weight is 403 g/mol. The van der Waals surface area contributed by atoms with E-state index in [1.54, 1.807) is 12.1 Å². The zero-order valence-electron chi connectivity index (χ0n) is 14.0. The van der Waals surface area contributed by atoms with Gasteiger partial charge < -0.3 is 5.32 Å². The van der Waals surface area contributed by atoms with Gasteiger partial charge >= 0.3 is 5.69 Å². The van der Waals surface area contributed by atoms with Gasteiger partial charge in [-0.3, -0.25) is 25.8 Å². The lowest BCUT2D eigenvalue weighted by Crippen LogP contribution is -2.30. The number of benzene rings is 2. The van der Waals surface area contributed by atoms with Gasteiger partial charge in [-0.2, -0.15) is 0 Å². The molecule has 0 spiro atoms. The Hall–Kier alpha value is -3.79. The monoisotopic (exact) mass is 402 g/mol. The van der Waals surface area contributed by atoms with Crippen LogP contribution in [0.15, 0.2) is 54.9 Å². The molecule has 3 N–H and O–H groups in total. The van der Waals surface area contributed by atoms with E-state index in [0.717, 1.165) is 6.33 Å². The first-order valence-corrected chi connectivity index (χ1v) is 8.16. The van der Waals surface area contributed by atoms with Crippen LogP contribution in [0.1, 0.15) is 10.4 Å². The van der Waals surface area contributed by atoms with E-state index in [1.807, 2.05) is 0 Å². The van der Waals surface area contributed by atoms with Crippen molar-refractivity contribution in [1.29, 1.82) is 0 Å². The Balaban J connectivity index is 1.81. The highest BCUT2D eigenvalue weighted by Crippen LogP contribution is 2.30. The maximum Gasteiger partial charge on any atom is 0.355 e. The molecule has 28 heavy (non-hydrogen) atoms. The zero-order valence-corrected chi connectivity index (χ0v) is 14.8. The molecule has 0 aliphatic rings. The summed E-state index contributed by atoms with van der Waals surface area (Å²) in [4.78, 5) is 30.6. The Bertz CT molecular complexity index is 1030. The summed E-state index contributed by atoms with van der Waals surface area (Å²) in [6.45, 7) is 0. The van der Waals surface area contributed by atoms with Gasteiger partial charge in [0.25, 0.3) is 5.91 Å². The van der Waals surface area contributed by atoms with Gasteiger partial charge in [0.2, 0.25) is 11.6 Å². The first-order valence-electron chi connectivity index (χ1n) is 7.78. The van der Waals surface area contributed by atoms with Crippen LogP contribution < -0.4 is 16.2 Å². The Morgan fingerprint density at radius 1 is 1.11 bits per heavy atom. The average Bonchev–Trinajstić information content (AvgIpc) is 2.67. The van der Waals surface area contributed by atoms with E-state index < -0.39 is 22.3 Å². The fourth-order valence-electron chi connectivity index (χ4n) is 2.22. The van der Waals surface area contributed by atoms with Gasteiger partial charge in [-0.15, -0.1) is 0 Å². The largest absolute Gasteiger partial charge is 0.355 e. The molecule has 0 fully saturated rings. The molecule has 2 aromatic carbocycles. The zero-order chi connectivity index (χ0) is 20.1. The van der Waals surface area contributed by atoms with Crippen LogP contribution in [0.25, 0.3) is 0 Å². The van der Waals surface area contributed by atoms with Gasteiger partial charge in [-0.1, -0.05) is 17.7 Å². The molecule has 1 amide bonds. The van der Waals surface area contributed by atoms with Crippen molar-refractivity contribution in [3.05, 3.63) is 81.4 Å². The van der Waals surface area contributed by atoms with Crippen molar-refractivity contribution in [1.82, 2.24) is 15.4 Å². The van der Waals surface area contributed by atoms with E-state index in [-0.39, 0.29) is 17.2 Å². The van der Waals surface area contributed by atoms with Crippen LogP contribution in [0.5, 0.6) is 0 Å². The highest BCUT2D eigenvalue weighted by molar-refractivity contribution is 6.30. The number of aromatic nitrogens is 2. The van der Waals surface area contributed by atoms with Crippen LogP contribution in [0.2, 0.25) is 5.02 Å². The molecule has 0 aliphatic carbocycles. The molecule has 3 aromatic rings. The first-order chi connectivity index (χ1) is 13.4. The Morgan fingerprint density at radius 2 is 1.82 bits per heavy atom. The summed E-state index contributed by atoms with van der Waals surface area (Å²) in [6.07, 6.45) is 1.08. The predicted molar refractivity (Wildman–Crippen MR) is 101 cm³/mol. The molecule has 1 heterocycles. The lowest BCUT2D eigenvalue weighted by molar-refractivity contribution is -0.383. The maximum absolute atomic E-state index is 13.0. The summed E-state index contributed by atoms with van der Waals surface area (Å²) >= 11 is 5.84. The lowest BCUT2D eigenvalue weighted by Gasteiger charge is -2.11. The Morgan fingerprint density at radius 3 is 2.50 bits per heavy atom. The number of carbonyl (C=O) groups excluding carboxylic acids is 1. The van der Waals surface area contributed by atoms with E-state index >= 15 is 0 Å². The Labute approximate surface area is 162 Å². The number of nitro groups is 1. The summed E-state index contributed by atoms with van der Waals surface area (Å²) in [6, 6.07) is 11.3. The van der Waals surface area contributed by atoms with Crippen LogP contribution in [-0.2, 0) is 0 Å². The van der Waals surface area contributed by atoms with Crippen molar-refractivity contribution >= 4 is 40.5 Å². The van der Waals surface area contributed by atoms with Crippen LogP contribution in [0.3, 0.4) is 0 Å². The summed E-state index contributed by atoms with van der Waals surface area (Å²) in [5.74, 6) is -1.39. The SMILES string of the molecule is O=C(NNc1ncnc(Nc2ccc(F)cc2)c1[N+](=O)[O-])c1cccc(Cl)c1. The van der Waals surface area contributed by atoms with Crippen molar-refractivity contribution in [3.63, 3.8) is 0 Å². The van der Waals surface area contributed by atoms with Crippen LogP contribution in [0.4, 0.5) is 27.4 Å². The second-order valence-electron chi connectivity index (χ2n) is 5.40. The van der Waals surface area contributed by atoms with Gasteiger partial charge in [-0.25, -0.2) is 14.4 Å². The van der Waals surface area contributed by atoms with Gasteiger partial charge in [0.15, 0.2) is 0 Å². The number of carbonyl (C=O) groups is 1. The number of hydrogen-bond donors (Lipinski definition) is 3. The molecule has 0 saturated heterocycles. The standard InChI is InChI=1S/C17H12ClFN6O3/c18-11-3-1-2-10(8-11)17(26)24-23-16-14(25(27)28)15(20-9-21-16)22-13-6-4-12(19)5-7-13/h1-9H,(H,24,26)(H2,20,21,22,23). The molecule has 11 heteroatoms. The lowest BCUT2D eigenvalue weighted by atomic mass is 10.2. The molecule has 0 unspecified atom stereocenters. The van der Waals surface area contributed by atoms with E-state index in [2.05, 4.69) is 26.1 Å². The molecule has 0 atom stereocenters. The quantitative estimate of drug-likeness (QED) is 0.424. The number of nitrogens with one attached hydrogen (secondary N) is 3. The topological polar surface area (TPSA) is 122 Å². The van der Waals surface area contributed by atoms with Gasteiger partial charge in [-0.05, 0) is 42.5 Å². The molecule has 0 bridgehead atoms. The molecule has 3 rings (SSSR count). The highest BCUT2D eigenvalue weighted by Gasteiger charge is 2.23. The second kappa shape index (κ2) is 8.27. The smallest absolute Gasteiger partial charge is 0.334 e. The number of halogens is 2. The first kappa shape index (κ1) is 19.0. The summed E-state index contributed by atoms with van der Waals surface area (Å²) in [5.41, 5.74) is 4.86. The predicted octanol–water partition coefficient (Wildman–Crippen LogP) is 3.68. The number of amides is 1. The van der Waals surface area contributed by atoms with E-state index in [0.29, 0.717) is 10.7 Å². The number of rotatable bonds is 6. The molecular formula is C17H12ClFN6O3. The molecule has 142 valence electrons. The molecule has 1 aromatic heterocycles. The van der Waals surface area contributed by atoms with Crippen molar-refractivity contribution in [3.8, 4) is 0 Å². The maximum atomic E-state index is 13.0. The summed E-state index contributed by atoms with van der Waals surface area (Å²) in [5, 5.41) is 14.6. The number of anilines is 3. The fraction of sp³-hybridized carbons (Fsp3) is 0. The summed E-state index contributed by atoms with van der Waals surface area (Å²) in [7, 11) is 0.